The molecule has 36 heavy (non-hydrogen) atoms. The number of amides is 2. The van der Waals surface area contributed by atoms with Gasteiger partial charge in [0.05, 0.1) is 17.8 Å². The highest BCUT2D eigenvalue weighted by atomic mass is 35.5. The first kappa shape index (κ1) is 25.4. The van der Waals surface area contributed by atoms with E-state index in [1.165, 1.54) is 0 Å². The molecule has 0 saturated carbocycles. The van der Waals surface area contributed by atoms with E-state index in [9.17, 15) is 9.59 Å². The highest BCUT2D eigenvalue weighted by Crippen LogP contribution is 2.26. The molecule has 1 aromatic heterocycles. The molecule has 1 saturated heterocycles. The highest BCUT2D eigenvalue weighted by Gasteiger charge is 2.24. The minimum atomic E-state index is -0.185. The first-order chi connectivity index (χ1) is 17.5. The summed E-state index contributed by atoms with van der Waals surface area (Å²) in [5, 5.41) is 9.42. The number of halogens is 1. The number of carbonyl (C=O) groups excluding carboxylic acids is 2. The van der Waals surface area contributed by atoms with Gasteiger partial charge in [0.2, 0.25) is 5.91 Å². The van der Waals surface area contributed by atoms with Crippen LogP contribution in [-0.4, -0.2) is 78.2 Å². The minimum absolute atomic E-state index is 0.0406. The van der Waals surface area contributed by atoms with E-state index in [0.717, 1.165) is 30.0 Å². The highest BCUT2D eigenvalue weighted by molar-refractivity contribution is 6.33. The third kappa shape index (κ3) is 5.94. The molecule has 1 aliphatic heterocycles. The van der Waals surface area contributed by atoms with Gasteiger partial charge in [0, 0.05) is 43.9 Å². The summed E-state index contributed by atoms with van der Waals surface area (Å²) in [7, 11) is 1.56. The molecule has 0 atom stereocenters. The molecule has 0 unspecified atom stereocenters. The van der Waals surface area contributed by atoms with E-state index in [2.05, 4.69) is 15.1 Å². The lowest BCUT2D eigenvalue weighted by Gasteiger charge is -2.26. The van der Waals surface area contributed by atoms with Gasteiger partial charge in [0.25, 0.3) is 5.91 Å². The number of nitrogens with zero attached hydrogens (tertiary/aromatic N) is 5. The van der Waals surface area contributed by atoms with Crippen LogP contribution in [0.25, 0.3) is 11.3 Å². The molecule has 0 spiro atoms. The van der Waals surface area contributed by atoms with Gasteiger partial charge in [0.1, 0.15) is 12.3 Å². The lowest BCUT2D eigenvalue weighted by Crippen LogP contribution is -2.44. The molecule has 2 aromatic carbocycles. The maximum absolute atomic E-state index is 13.1. The Morgan fingerprint density at radius 1 is 1.00 bits per heavy atom. The summed E-state index contributed by atoms with van der Waals surface area (Å²) in [6.07, 6.45) is 0.801. The van der Waals surface area contributed by atoms with E-state index >= 15 is 0 Å². The van der Waals surface area contributed by atoms with Crippen LogP contribution < -0.4 is 9.64 Å². The summed E-state index contributed by atoms with van der Waals surface area (Å²) >= 11 is 6.28. The van der Waals surface area contributed by atoms with Gasteiger partial charge in [-0.25, -0.2) is 0 Å². The van der Waals surface area contributed by atoms with E-state index in [1.807, 2.05) is 48.2 Å². The summed E-state index contributed by atoms with van der Waals surface area (Å²) in [6, 6.07) is 18.4. The molecule has 1 aliphatic rings. The molecule has 0 N–H and O–H groups in total. The largest absolute Gasteiger partial charge is 0.497 e. The molecule has 4 rings (SSSR count). The van der Waals surface area contributed by atoms with Crippen molar-refractivity contribution in [3.05, 3.63) is 71.2 Å². The average Bonchev–Trinajstić information content (AvgIpc) is 3.18. The van der Waals surface area contributed by atoms with Gasteiger partial charge in [0.15, 0.2) is 5.82 Å². The Hall–Kier alpha value is -3.65. The van der Waals surface area contributed by atoms with Crippen molar-refractivity contribution in [2.75, 3.05) is 51.3 Å². The summed E-state index contributed by atoms with van der Waals surface area (Å²) < 4.78 is 5.22. The number of ether oxygens (including phenoxy) is 1. The number of carbonyl (C=O) groups is 2. The van der Waals surface area contributed by atoms with Crippen molar-refractivity contribution in [2.24, 2.45) is 0 Å². The zero-order valence-corrected chi connectivity index (χ0v) is 21.3. The second-order valence-electron chi connectivity index (χ2n) is 8.53. The van der Waals surface area contributed by atoms with Gasteiger partial charge >= 0.3 is 0 Å². The van der Waals surface area contributed by atoms with Crippen molar-refractivity contribution in [1.29, 1.82) is 0 Å². The van der Waals surface area contributed by atoms with Gasteiger partial charge in [-0.05, 0) is 49.7 Å². The minimum Gasteiger partial charge on any atom is -0.497 e. The normalized spacial score (nSPS) is 13.8. The Morgan fingerprint density at radius 2 is 1.83 bits per heavy atom. The van der Waals surface area contributed by atoms with Gasteiger partial charge in [-0.15, -0.1) is 10.2 Å². The molecular weight excluding hydrogens is 478 g/mol. The van der Waals surface area contributed by atoms with Crippen LogP contribution in [0.5, 0.6) is 5.75 Å². The summed E-state index contributed by atoms with van der Waals surface area (Å²) in [6.45, 7) is 4.95. The number of hydrogen-bond donors (Lipinski definition) is 0. The van der Waals surface area contributed by atoms with E-state index in [0.29, 0.717) is 42.5 Å². The first-order valence-electron chi connectivity index (χ1n) is 12.0. The van der Waals surface area contributed by atoms with Crippen molar-refractivity contribution in [1.82, 2.24) is 20.0 Å². The maximum Gasteiger partial charge on any atom is 0.254 e. The van der Waals surface area contributed by atoms with Crippen molar-refractivity contribution < 1.29 is 14.3 Å². The first-order valence-corrected chi connectivity index (χ1v) is 12.4. The second kappa shape index (κ2) is 11.9. The van der Waals surface area contributed by atoms with Crippen molar-refractivity contribution in [2.45, 2.75) is 13.3 Å². The number of rotatable bonds is 7. The lowest BCUT2D eigenvalue weighted by molar-refractivity contribution is -0.131. The standard InChI is InChI=1S/C27H30ClN5O3/c1-3-31(27(35)20-8-6-9-21(18-20)36-2)19-26(34)33-15-7-14-32(16-17-33)25-13-12-24(29-30-25)22-10-4-5-11-23(22)28/h4-6,8-13,18H,3,7,14-17,19H2,1-2H3. The summed E-state index contributed by atoms with van der Waals surface area (Å²) in [5.41, 5.74) is 2.07. The fraction of sp³-hybridized carbons (Fsp3) is 0.333. The molecule has 9 heteroatoms. The van der Waals surface area contributed by atoms with E-state index in [4.69, 9.17) is 16.3 Å². The molecule has 1 fully saturated rings. The van der Waals surface area contributed by atoms with Crippen molar-refractivity contribution >= 4 is 29.2 Å². The second-order valence-corrected chi connectivity index (χ2v) is 8.94. The SMILES string of the molecule is CCN(CC(=O)N1CCCN(c2ccc(-c3ccccc3Cl)nn2)CC1)C(=O)c1cccc(OC)c1. The van der Waals surface area contributed by atoms with Gasteiger partial charge in [-0.3, -0.25) is 9.59 Å². The Bertz CT molecular complexity index is 1200. The monoisotopic (exact) mass is 507 g/mol. The molecule has 2 amide bonds. The molecule has 0 aliphatic carbocycles. The Kier molecular flexibility index (Phi) is 8.38. The van der Waals surface area contributed by atoms with Crippen LogP contribution in [-0.2, 0) is 4.79 Å². The fourth-order valence-electron chi connectivity index (χ4n) is 4.23. The number of aromatic nitrogens is 2. The lowest BCUT2D eigenvalue weighted by atomic mass is 10.1. The third-order valence-corrected chi connectivity index (χ3v) is 6.61. The molecule has 2 heterocycles. The van der Waals surface area contributed by atoms with E-state index < -0.39 is 0 Å². The smallest absolute Gasteiger partial charge is 0.254 e. The van der Waals surface area contributed by atoms with Gasteiger partial charge in [-0.2, -0.15) is 0 Å². The topological polar surface area (TPSA) is 78.9 Å². The number of benzene rings is 2. The van der Waals surface area contributed by atoms with Crippen LogP contribution in [0, 0.1) is 0 Å². The van der Waals surface area contributed by atoms with Crippen molar-refractivity contribution in [3.8, 4) is 17.0 Å². The van der Waals surface area contributed by atoms with Crippen LogP contribution in [0.15, 0.2) is 60.7 Å². The zero-order chi connectivity index (χ0) is 25.5. The van der Waals surface area contributed by atoms with Crippen LogP contribution >= 0.6 is 11.6 Å². The summed E-state index contributed by atoms with van der Waals surface area (Å²) in [4.78, 5) is 31.6. The predicted octanol–water partition coefficient (Wildman–Crippen LogP) is 4.01. The number of methoxy groups -OCH3 is 1. The molecule has 188 valence electrons. The predicted molar refractivity (Wildman–Crippen MR) is 140 cm³/mol. The van der Waals surface area contributed by atoms with E-state index in [1.54, 1.807) is 36.3 Å². The fourth-order valence-corrected chi connectivity index (χ4v) is 4.46. The quantitative estimate of drug-likeness (QED) is 0.481. The van der Waals surface area contributed by atoms with E-state index in [-0.39, 0.29) is 18.4 Å². The van der Waals surface area contributed by atoms with Gasteiger partial charge < -0.3 is 19.4 Å². The van der Waals surface area contributed by atoms with Crippen LogP contribution in [0.1, 0.15) is 23.7 Å². The molecule has 0 bridgehead atoms. The number of hydrogen-bond acceptors (Lipinski definition) is 6. The Labute approximate surface area is 216 Å². The van der Waals surface area contributed by atoms with Crippen LogP contribution in [0.2, 0.25) is 5.02 Å². The zero-order valence-electron chi connectivity index (χ0n) is 20.6. The van der Waals surface area contributed by atoms with Crippen molar-refractivity contribution in [3.63, 3.8) is 0 Å². The van der Waals surface area contributed by atoms with Crippen LogP contribution in [0.3, 0.4) is 0 Å². The maximum atomic E-state index is 13.1. The Balaban J connectivity index is 1.37. The molecule has 8 nitrogen and oxygen atoms in total. The molecule has 0 radical (unpaired) electrons. The third-order valence-electron chi connectivity index (χ3n) is 6.28. The Morgan fingerprint density at radius 3 is 2.56 bits per heavy atom. The molecule has 3 aromatic rings. The number of likely N-dealkylation sites (N-methyl/N-ethyl adjacent to an activating group) is 1. The summed E-state index contributed by atoms with van der Waals surface area (Å²) in [5.74, 6) is 1.13. The van der Waals surface area contributed by atoms with Gasteiger partial charge in [-0.1, -0.05) is 35.9 Å². The van der Waals surface area contributed by atoms with Crippen LogP contribution in [0.4, 0.5) is 5.82 Å². The number of anilines is 1. The molecular formula is C27H30ClN5O3. The average molecular weight is 508 g/mol.